The van der Waals surface area contributed by atoms with E-state index in [0.717, 1.165) is 45.2 Å². The topological polar surface area (TPSA) is 102 Å². The number of benzene rings is 1. The second-order valence-electron chi connectivity index (χ2n) is 11.6. The first-order chi connectivity index (χ1) is 17.6. The molecule has 4 atom stereocenters. The molecule has 7 heteroatoms. The average molecular weight is 492 g/mol. The summed E-state index contributed by atoms with van der Waals surface area (Å²) in [6.07, 6.45) is 10.5. The highest BCUT2D eigenvalue weighted by molar-refractivity contribution is 5.89. The fraction of sp³-hybridized carbons (Fsp3) is 0.690. The van der Waals surface area contributed by atoms with Crippen LogP contribution >= 0.6 is 0 Å². The minimum atomic E-state index is -0.382. The lowest BCUT2D eigenvalue weighted by atomic mass is 9.81. The summed E-state index contributed by atoms with van der Waals surface area (Å²) in [7, 11) is 0. The van der Waals surface area contributed by atoms with Crippen LogP contribution in [-0.2, 0) is 16.1 Å². The number of piperidine rings is 1. The fourth-order valence-electron chi connectivity index (χ4n) is 6.35. The average Bonchev–Trinajstić information content (AvgIpc) is 3.84. The summed E-state index contributed by atoms with van der Waals surface area (Å²) in [5.41, 5.74) is 7.79. The van der Waals surface area contributed by atoms with Gasteiger partial charge in [-0.1, -0.05) is 18.6 Å². The number of rotatable bonds is 9. The van der Waals surface area contributed by atoms with Gasteiger partial charge in [-0.25, -0.2) is 0 Å². The van der Waals surface area contributed by atoms with E-state index in [0.29, 0.717) is 43.0 Å². The van der Waals surface area contributed by atoms with Crippen molar-refractivity contribution in [2.75, 3.05) is 19.6 Å². The van der Waals surface area contributed by atoms with Crippen molar-refractivity contribution < 1.29 is 9.59 Å². The fourth-order valence-corrected chi connectivity index (χ4v) is 6.35. The summed E-state index contributed by atoms with van der Waals surface area (Å²) in [4.78, 5) is 31.1. The zero-order valence-corrected chi connectivity index (χ0v) is 21.4. The number of hydrogen-bond donors (Lipinski definition) is 2. The Balaban J connectivity index is 1.26. The molecule has 1 aromatic carbocycles. The highest BCUT2D eigenvalue weighted by Crippen LogP contribution is 2.37. The first-order valence-electron chi connectivity index (χ1n) is 14.1. The predicted molar refractivity (Wildman–Crippen MR) is 138 cm³/mol. The summed E-state index contributed by atoms with van der Waals surface area (Å²) < 4.78 is 0. The highest BCUT2D eigenvalue weighted by atomic mass is 16.2. The Morgan fingerprint density at radius 2 is 1.75 bits per heavy atom. The predicted octanol–water partition coefficient (Wildman–Crippen LogP) is 3.17. The Morgan fingerprint density at radius 1 is 1.00 bits per heavy atom. The van der Waals surface area contributed by atoms with Gasteiger partial charge >= 0.3 is 0 Å². The van der Waals surface area contributed by atoms with Crippen molar-refractivity contribution in [3.05, 3.63) is 35.4 Å². The second-order valence-corrected chi connectivity index (χ2v) is 11.6. The van der Waals surface area contributed by atoms with Gasteiger partial charge in [0.15, 0.2) is 0 Å². The molecule has 2 amide bonds. The molecule has 1 saturated heterocycles. The van der Waals surface area contributed by atoms with Crippen LogP contribution in [0, 0.1) is 29.1 Å². The highest BCUT2D eigenvalue weighted by Gasteiger charge is 2.44. The van der Waals surface area contributed by atoms with Gasteiger partial charge in [-0.05, 0) is 93.9 Å². The number of amides is 2. The SMILES string of the molecule is N#Cc1ccc(CN(C2CC2)C2CCN(C(=O)C3CC3)[C@@H](C(=O)NCC3CCCC(CN)C3)C2)cc1. The Bertz CT molecular complexity index is 965. The molecule has 5 rings (SSSR count). The van der Waals surface area contributed by atoms with E-state index in [1.165, 1.54) is 31.2 Å². The third-order valence-electron chi connectivity index (χ3n) is 8.81. The molecule has 3 aliphatic carbocycles. The molecule has 0 aromatic heterocycles. The van der Waals surface area contributed by atoms with Crippen LogP contribution in [0.3, 0.4) is 0 Å². The van der Waals surface area contributed by atoms with E-state index in [1.54, 1.807) is 0 Å². The standard InChI is InChI=1S/C29H41N5O2/c30-16-20-4-6-21(7-5-20)19-34(25-10-11-25)26-12-13-33(29(36)24-8-9-24)27(15-26)28(35)32-18-23-3-1-2-22(14-23)17-31/h4-7,22-27H,1-3,8-15,17-19,31H2,(H,32,35)/t22?,23?,26?,27-/m1/s1. The molecule has 1 aliphatic heterocycles. The monoisotopic (exact) mass is 491 g/mol. The molecule has 0 radical (unpaired) electrons. The number of hydrogen-bond acceptors (Lipinski definition) is 5. The third-order valence-corrected chi connectivity index (χ3v) is 8.81. The Kier molecular flexibility index (Phi) is 7.93. The molecule has 4 aliphatic rings. The molecule has 0 bridgehead atoms. The first kappa shape index (κ1) is 25.2. The molecule has 1 heterocycles. The minimum Gasteiger partial charge on any atom is -0.354 e. The van der Waals surface area contributed by atoms with Crippen LogP contribution < -0.4 is 11.1 Å². The van der Waals surface area contributed by atoms with E-state index in [2.05, 4.69) is 16.3 Å². The van der Waals surface area contributed by atoms with Crippen molar-refractivity contribution in [1.29, 1.82) is 5.26 Å². The van der Waals surface area contributed by atoms with E-state index in [4.69, 9.17) is 11.0 Å². The molecule has 3 N–H and O–H groups in total. The van der Waals surface area contributed by atoms with Crippen molar-refractivity contribution >= 4 is 11.8 Å². The number of nitrogens with zero attached hydrogens (tertiary/aromatic N) is 3. The lowest BCUT2D eigenvalue weighted by Gasteiger charge is -2.43. The third kappa shape index (κ3) is 6.10. The van der Waals surface area contributed by atoms with Gasteiger partial charge < -0.3 is 16.0 Å². The molecular formula is C29H41N5O2. The zero-order chi connectivity index (χ0) is 25.1. The molecule has 7 nitrogen and oxygen atoms in total. The van der Waals surface area contributed by atoms with Gasteiger partial charge in [0.25, 0.3) is 0 Å². The largest absolute Gasteiger partial charge is 0.354 e. The molecule has 1 aromatic rings. The summed E-state index contributed by atoms with van der Waals surface area (Å²) in [5.74, 6) is 1.39. The lowest BCUT2D eigenvalue weighted by molar-refractivity contribution is -0.145. The van der Waals surface area contributed by atoms with E-state index in [9.17, 15) is 9.59 Å². The number of nitriles is 1. The van der Waals surface area contributed by atoms with Crippen LogP contribution in [0.1, 0.15) is 75.3 Å². The van der Waals surface area contributed by atoms with Crippen molar-refractivity contribution in [3.63, 3.8) is 0 Å². The second kappa shape index (κ2) is 11.3. The zero-order valence-electron chi connectivity index (χ0n) is 21.4. The van der Waals surface area contributed by atoms with Gasteiger partial charge in [0.05, 0.1) is 11.6 Å². The summed E-state index contributed by atoms with van der Waals surface area (Å²) >= 11 is 0. The van der Waals surface area contributed by atoms with Crippen LogP contribution in [0.4, 0.5) is 0 Å². The number of carbonyl (C=O) groups excluding carboxylic acids is 2. The van der Waals surface area contributed by atoms with Crippen LogP contribution in [0.25, 0.3) is 0 Å². The van der Waals surface area contributed by atoms with Gasteiger partial charge in [-0.15, -0.1) is 0 Å². The number of nitrogens with one attached hydrogen (secondary N) is 1. The van der Waals surface area contributed by atoms with E-state index in [-0.39, 0.29) is 29.8 Å². The van der Waals surface area contributed by atoms with Gasteiger partial charge in [0, 0.05) is 37.6 Å². The number of carbonyl (C=O) groups is 2. The van der Waals surface area contributed by atoms with Crippen LogP contribution in [0.5, 0.6) is 0 Å². The molecule has 194 valence electrons. The molecule has 3 unspecified atom stereocenters. The lowest BCUT2D eigenvalue weighted by Crippen LogP contribution is -2.58. The van der Waals surface area contributed by atoms with Crippen molar-refractivity contribution in [1.82, 2.24) is 15.1 Å². The van der Waals surface area contributed by atoms with Gasteiger partial charge in [0.1, 0.15) is 6.04 Å². The molecule has 36 heavy (non-hydrogen) atoms. The molecule has 4 fully saturated rings. The van der Waals surface area contributed by atoms with E-state index >= 15 is 0 Å². The summed E-state index contributed by atoms with van der Waals surface area (Å²) in [6, 6.07) is 10.5. The normalized spacial score (nSPS) is 28.5. The molecule has 0 spiro atoms. The van der Waals surface area contributed by atoms with Crippen LogP contribution in [0.2, 0.25) is 0 Å². The van der Waals surface area contributed by atoms with E-state index in [1.807, 2.05) is 29.2 Å². The summed E-state index contributed by atoms with van der Waals surface area (Å²) in [6.45, 7) is 2.91. The van der Waals surface area contributed by atoms with Crippen LogP contribution in [-0.4, -0.2) is 59.4 Å². The smallest absolute Gasteiger partial charge is 0.242 e. The first-order valence-corrected chi connectivity index (χ1v) is 14.1. The van der Waals surface area contributed by atoms with Crippen molar-refractivity contribution in [2.24, 2.45) is 23.5 Å². The summed E-state index contributed by atoms with van der Waals surface area (Å²) in [5, 5.41) is 12.4. The number of nitrogens with two attached hydrogens (primary N) is 1. The van der Waals surface area contributed by atoms with E-state index < -0.39 is 0 Å². The Hall–Kier alpha value is -2.43. The van der Waals surface area contributed by atoms with Crippen molar-refractivity contribution in [2.45, 2.75) is 88.9 Å². The van der Waals surface area contributed by atoms with Gasteiger partial charge in [-0.3, -0.25) is 14.5 Å². The Labute approximate surface area is 215 Å². The Morgan fingerprint density at radius 3 is 2.42 bits per heavy atom. The quantitative estimate of drug-likeness (QED) is 0.552. The maximum Gasteiger partial charge on any atom is 0.242 e. The van der Waals surface area contributed by atoms with Gasteiger partial charge in [0.2, 0.25) is 11.8 Å². The van der Waals surface area contributed by atoms with Crippen molar-refractivity contribution in [3.8, 4) is 6.07 Å². The molecule has 3 saturated carbocycles. The van der Waals surface area contributed by atoms with Crippen LogP contribution in [0.15, 0.2) is 24.3 Å². The molecular weight excluding hydrogens is 450 g/mol. The van der Waals surface area contributed by atoms with Gasteiger partial charge in [-0.2, -0.15) is 5.26 Å². The maximum atomic E-state index is 13.6. The minimum absolute atomic E-state index is 0.0256. The number of likely N-dealkylation sites (tertiary alicyclic amines) is 1. The maximum absolute atomic E-state index is 13.6.